The van der Waals surface area contributed by atoms with E-state index in [1.807, 2.05) is 0 Å². The molecule has 1 aromatic rings. The number of anilines is 1. The molecule has 1 aliphatic heterocycles. The molecule has 1 unspecified atom stereocenters. The number of carbonyl (C=O) groups is 1. The summed E-state index contributed by atoms with van der Waals surface area (Å²) in [6.07, 6.45) is 3.35. The average Bonchev–Trinajstić information content (AvgIpc) is 2.89. The van der Waals surface area contributed by atoms with Crippen molar-refractivity contribution in [3.8, 4) is 0 Å². The third-order valence-corrected chi connectivity index (χ3v) is 4.51. The van der Waals surface area contributed by atoms with E-state index in [9.17, 15) is 13.2 Å². The van der Waals surface area contributed by atoms with Crippen molar-refractivity contribution >= 4 is 31.3 Å². The summed E-state index contributed by atoms with van der Waals surface area (Å²) in [6, 6.07) is 5.74. The van der Waals surface area contributed by atoms with E-state index in [0.717, 1.165) is 19.4 Å². The molecule has 0 aromatic heterocycles. The molecule has 1 aromatic carbocycles. The number of hydrogen-bond acceptors (Lipinski definition) is 4. The van der Waals surface area contributed by atoms with Crippen molar-refractivity contribution in [1.82, 2.24) is 0 Å². The predicted octanol–water partition coefficient (Wildman–Crippen LogP) is 2.51. The van der Waals surface area contributed by atoms with Crippen molar-refractivity contribution in [3.63, 3.8) is 0 Å². The van der Waals surface area contributed by atoms with Crippen molar-refractivity contribution in [1.29, 1.82) is 0 Å². The van der Waals surface area contributed by atoms with E-state index in [1.165, 1.54) is 24.3 Å². The van der Waals surface area contributed by atoms with Gasteiger partial charge >= 0.3 is 0 Å². The molecule has 1 heterocycles. The van der Waals surface area contributed by atoms with Gasteiger partial charge in [0.15, 0.2) is 0 Å². The molecule has 20 heavy (non-hydrogen) atoms. The monoisotopic (exact) mass is 317 g/mol. The quantitative estimate of drug-likeness (QED) is 0.847. The fourth-order valence-corrected chi connectivity index (χ4v) is 2.86. The minimum absolute atomic E-state index is 0.0107. The van der Waals surface area contributed by atoms with E-state index in [2.05, 4.69) is 5.32 Å². The molecular weight excluding hydrogens is 302 g/mol. The largest absolute Gasteiger partial charge is 0.378 e. The van der Waals surface area contributed by atoms with Crippen LogP contribution in [0.4, 0.5) is 5.69 Å². The van der Waals surface area contributed by atoms with Gasteiger partial charge in [-0.2, -0.15) is 0 Å². The highest BCUT2D eigenvalue weighted by molar-refractivity contribution is 8.13. The number of halogens is 1. The van der Waals surface area contributed by atoms with Gasteiger partial charge in [-0.1, -0.05) is 0 Å². The molecule has 0 saturated carbocycles. The Kier molecular flexibility index (Phi) is 5.01. The molecule has 110 valence electrons. The van der Waals surface area contributed by atoms with Crippen LogP contribution in [0, 0.1) is 0 Å². The second kappa shape index (κ2) is 6.56. The molecular formula is C13H16ClNO4S. The summed E-state index contributed by atoms with van der Waals surface area (Å²) in [6.45, 7) is 0.778. The highest BCUT2D eigenvalue weighted by atomic mass is 35.7. The third-order valence-electron chi connectivity index (χ3n) is 3.14. The van der Waals surface area contributed by atoms with Crippen molar-refractivity contribution in [2.45, 2.75) is 36.7 Å². The summed E-state index contributed by atoms with van der Waals surface area (Å²) in [7, 11) is 1.48. The minimum Gasteiger partial charge on any atom is -0.378 e. The summed E-state index contributed by atoms with van der Waals surface area (Å²) in [5.41, 5.74) is 0.548. The van der Waals surface area contributed by atoms with Gasteiger partial charge in [0.2, 0.25) is 5.91 Å². The van der Waals surface area contributed by atoms with Crippen LogP contribution in [-0.4, -0.2) is 27.0 Å². The van der Waals surface area contributed by atoms with Gasteiger partial charge in [0, 0.05) is 29.4 Å². The Balaban J connectivity index is 1.84. The molecule has 0 radical (unpaired) electrons. The summed E-state index contributed by atoms with van der Waals surface area (Å²) in [5.74, 6) is -0.109. The first-order valence-electron chi connectivity index (χ1n) is 6.41. The van der Waals surface area contributed by atoms with Crippen LogP contribution in [0.5, 0.6) is 0 Å². The van der Waals surface area contributed by atoms with Crippen LogP contribution in [0.15, 0.2) is 29.2 Å². The van der Waals surface area contributed by atoms with Crippen LogP contribution in [0.1, 0.15) is 25.7 Å². The van der Waals surface area contributed by atoms with Gasteiger partial charge in [-0.25, -0.2) is 8.42 Å². The lowest BCUT2D eigenvalue weighted by atomic mass is 10.1. The first-order chi connectivity index (χ1) is 9.45. The maximum Gasteiger partial charge on any atom is 0.261 e. The van der Waals surface area contributed by atoms with Crippen molar-refractivity contribution in [3.05, 3.63) is 24.3 Å². The van der Waals surface area contributed by atoms with Crippen molar-refractivity contribution in [2.24, 2.45) is 0 Å². The second-order valence-corrected chi connectivity index (χ2v) is 7.25. The summed E-state index contributed by atoms with van der Waals surface area (Å²) in [5, 5.41) is 2.71. The zero-order chi connectivity index (χ0) is 14.6. The Hall–Kier alpha value is -1.11. The van der Waals surface area contributed by atoms with E-state index in [0.29, 0.717) is 18.5 Å². The highest BCUT2D eigenvalue weighted by Crippen LogP contribution is 2.19. The Labute approximate surface area is 122 Å². The zero-order valence-electron chi connectivity index (χ0n) is 10.8. The molecule has 5 nitrogen and oxygen atoms in total. The molecule has 1 atom stereocenters. The maximum atomic E-state index is 11.7. The fraction of sp³-hybridized carbons (Fsp3) is 0.462. The molecule has 1 saturated heterocycles. The van der Waals surface area contributed by atoms with Crippen LogP contribution < -0.4 is 5.32 Å². The van der Waals surface area contributed by atoms with E-state index in [1.54, 1.807) is 0 Å². The SMILES string of the molecule is O=C(CCC1CCCO1)Nc1ccc(S(=O)(=O)Cl)cc1. The van der Waals surface area contributed by atoms with Gasteiger partial charge in [-0.3, -0.25) is 4.79 Å². The number of carbonyl (C=O) groups excluding carboxylic acids is 1. The maximum absolute atomic E-state index is 11.7. The van der Waals surface area contributed by atoms with Crippen LogP contribution in [0.25, 0.3) is 0 Å². The zero-order valence-corrected chi connectivity index (χ0v) is 12.4. The molecule has 2 rings (SSSR count). The number of amides is 1. The second-order valence-electron chi connectivity index (χ2n) is 4.68. The number of hydrogen-bond donors (Lipinski definition) is 1. The van der Waals surface area contributed by atoms with Crippen molar-refractivity contribution in [2.75, 3.05) is 11.9 Å². The first-order valence-corrected chi connectivity index (χ1v) is 8.72. The number of benzene rings is 1. The topological polar surface area (TPSA) is 72.5 Å². The fourth-order valence-electron chi connectivity index (χ4n) is 2.09. The molecule has 1 amide bonds. The summed E-state index contributed by atoms with van der Waals surface area (Å²) >= 11 is 0. The lowest BCUT2D eigenvalue weighted by Gasteiger charge is -2.09. The van der Waals surface area contributed by atoms with Gasteiger partial charge in [0.25, 0.3) is 9.05 Å². The van der Waals surface area contributed by atoms with Crippen molar-refractivity contribution < 1.29 is 17.9 Å². The molecule has 1 fully saturated rings. The summed E-state index contributed by atoms with van der Waals surface area (Å²) < 4.78 is 27.6. The number of rotatable bonds is 5. The molecule has 0 aliphatic carbocycles. The molecule has 0 bridgehead atoms. The first kappa shape index (κ1) is 15.3. The lowest BCUT2D eigenvalue weighted by Crippen LogP contribution is -2.15. The Morgan fingerprint density at radius 2 is 2.05 bits per heavy atom. The van der Waals surface area contributed by atoms with E-state index in [4.69, 9.17) is 15.4 Å². The highest BCUT2D eigenvalue weighted by Gasteiger charge is 2.16. The number of ether oxygens (including phenoxy) is 1. The van der Waals surface area contributed by atoms with E-state index < -0.39 is 9.05 Å². The van der Waals surface area contributed by atoms with Crippen LogP contribution in [-0.2, 0) is 18.6 Å². The van der Waals surface area contributed by atoms with Crippen LogP contribution in [0.2, 0.25) is 0 Å². The van der Waals surface area contributed by atoms with E-state index >= 15 is 0 Å². The molecule has 7 heteroatoms. The van der Waals surface area contributed by atoms with Crippen LogP contribution >= 0.6 is 10.7 Å². The number of nitrogens with one attached hydrogen (secondary N) is 1. The van der Waals surface area contributed by atoms with Gasteiger partial charge in [0.05, 0.1) is 11.0 Å². The van der Waals surface area contributed by atoms with Gasteiger partial charge in [-0.15, -0.1) is 0 Å². The third kappa shape index (κ3) is 4.47. The summed E-state index contributed by atoms with van der Waals surface area (Å²) in [4.78, 5) is 11.8. The Bertz CT molecular complexity index is 565. The Morgan fingerprint density at radius 1 is 1.35 bits per heavy atom. The molecule has 1 N–H and O–H groups in total. The normalized spacial score (nSPS) is 18.9. The average molecular weight is 318 g/mol. The predicted molar refractivity (Wildman–Crippen MR) is 76.3 cm³/mol. The minimum atomic E-state index is -3.73. The molecule has 1 aliphatic rings. The molecule has 0 spiro atoms. The van der Waals surface area contributed by atoms with Gasteiger partial charge < -0.3 is 10.1 Å². The van der Waals surface area contributed by atoms with Crippen LogP contribution in [0.3, 0.4) is 0 Å². The standard InChI is InChI=1S/C13H16ClNO4S/c14-20(17,18)12-6-3-10(4-7-12)15-13(16)8-5-11-2-1-9-19-11/h3-4,6-7,11H,1-2,5,8-9H2,(H,15,16). The van der Waals surface area contributed by atoms with Gasteiger partial charge in [0.1, 0.15) is 0 Å². The van der Waals surface area contributed by atoms with Gasteiger partial charge in [-0.05, 0) is 43.5 Å². The smallest absolute Gasteiger partial charge is 0.261 e. The van der Waals surface area contributed by atoms with E-state index in [-0.39, 0.29) is 16.9 Å². The Morgan fingerprint density at radius 3 is 2.60 bits per heavy atom. The lowest BCUT2D eigenvalue weighted by molar-refractivity contribution is -0.116.